The van der Waals surface area contributed by atoms with E-state index in [0.29, 0.717) is 0 Å². The topological polar surface area (TPSA) is 77.5 Å². The SMILES string of the molecule is C=C1CCc2cc(/C=C/C(CO)N3CCN(c4ccc(Cl)cc4)CC3)ccc2N1.C=C1CCc2cc(/C=C/[C@@H](CO)N3CCN(c4ccc(C)cc4)CC3)ccc2N1. The number of rotatable bonds is 10. The molecule has 0 spiro atoms. The summed E-state index contributed by atoms with van der Waals surface area (Å²) < 4.78 is 0. The van der Waals surface area contributed by atoms with E-state index in [-0.39, 0.29) is 25.3 Å². The number of fused-ring (bicyclic) bond motifs is 2. The minimum Gasteiger partial charge on any atom is -0.394 e. The molecule has 58 heavy (non-hydrogen) atoms. The number of halogens is 1. The summed E-state index contributed by atoms with van der Waals surface area (Å²) in [4.78, 5) is 9.53. The molecule has 9 heteroatoms. The van der Waals surface area contributed by atoms with Crippen molar-refractivity contribution >= 4 is 46.5 Å². The van der Waals surface area contributed by atoms with Gasteiger partial charge in [0.2, 0.25) is 0 Å². The van der Waals surface area contributed by atoms with Crippen molar-refractivity contribution in [1.29, 1.82) is 0 Å². The van der Waals surface area contributed by atoms with E-state index < -0.39 is 0 Å². The lowest BCUT2D eigenvalue weighted by Crippen LogP contribution is -2.50. The molecule has 2 saturated heterocycles. The summed E-state index contributed by atoms with van der Waals surface area (Å²) in [7, 11) is 0. The van der Waals surface area contributed by atoms with Gasteiger partial charge in [0.1, 0.15) is 0 Å². The Balaban J connectivity index is 0.000000177. The lowest BCUT2D eigenvalue weighted by molar-refractivity contribution is 0.145. The van der Waals surface area contributed by atoms with Gasteiger partial charge in [-0.1, -0.05) is 78.9 Å². The average molecular weight is 800 g/mol. The highest BCUT2D eigenvalue weighted by atomic mass is 35.5. The third-order valence-electron chi connectivity index (χ3n) is 11.8. The van der Waals surface area contributed by atoms with Crippen molar-refractivity contribution < 1.29 is 10.2 Å². The van der Waals surface area contributed by atoms with Gasteiger partial charge < -0.3 is 30.6 Å². The molecule has 2 atom stereocenters. The minimum atomic E-state index is 0.0382. The zero-order chi connectivity index (χ0) is 40.4. The van der Waals surface area contributed by atoms with Crippen LogP contribution in [-0.4, -0.2) is 97.7 Å². The molecule has 8 rings (SSSR count). The van der Waals surface area contributed by atoms with Crippen molar-refractivity contribution in [3.8, 4) is 0 Å². The third-order valence-corrected chi connectivity index (χ3v) is 12.1. The number of aryl methyl sites for hydroxylation is 3. The van der Waals surface area contributed by atoms with Crippen LogP contribution in [0.15, 0.2) is 122 Å². The lowest BCUT2D eigenvalue weighted by Gasteiger charge is -2.39. The molecule has 4 heterocycles. The van der Waals surface area contributed by atoms with E-state index in [1.807, 2.05) is 12.1 Å². The second kappa shape index (κ2) is 19.7. The van der Waals surface area contributed by atoms with Gasteiger partial charge >= 0.3 is 0 Å². The Morgan fingerprint density at radius 3 is 1.41 bits per heavy atom. The predicted octanol–water partition coefficient (Wildman–Crippen LogP) is 8.47. The summed E-state index contributed by atoms with van der Waals surface area (Å²) >= 11 is 6.00. The molecule has 0 aliphatic carbocycles. The van der Waals surface area contributed by atoms with Gasteiger partial charge in [-0.05, 0) is 116 Å². The van der Waals surface area contributed by atoms with Gasteiger partial charge in [-0.2, -0.15) is 0 Å². The van der Waals surface area contributed by atoms with E-state index in [0.717, 1.165) is 100 Å². The number of aliphatic hydroxyl groups is 2. The van der Waals surface area contributed by atoms with Crippen LogP contribution in [0, 0.1) is 6.92 Å². The summed E-state index contributed by atoms with van der Waals surface area (Å²) in [6.45, 7) is 18.1. The number of hydrogen-bond donors (Lipinski definition) is 4. The first-order valence-corrected chi connectivity index (χ1v) is 21.2. The summed E-state index contributed by atoms with van der Waals surface area (Å²) in [5.41, 5.74) is 13.3. The minimum absolute atomic E-state index is 0.0382. The first kappa shape index (κ1) is 41.3. The molecule has 304 valence electrons. The standard InChI is InChI=1S/C25H31N3O.C24H28ClN3O/c1-19-3-9-23(10-4-19)27-13-15-28(16-14-27)24(18-29)11-6-21-7-12-25-22(17-21)8-5-20(2)26-25;1-18-2-5-20-16-19(4-11-24(20)26-18)3-8-23(17-29)28-14-12-27(13-15-28)22-9-6-21(25)7-10-22/h3-4,6-7,9-12,17,24,26,29H,2,5,8,13-16,18H2,1H3;3-4,6-11,16,23,26,29H,1-2,5,12-15,17H2/b11-6+;8-3+/t24-;/m0./s1. The van der Waals surface area contributed by atoms with Crippen molar-refractivity contribution in [3.63, 3.8) is 0 Å². The first-order valence-electron chi connectivity index (χ1n) is 20.8. The molecule has 4 aromatic carbocycles. The van der Waals surface area contributed by atoms with Gasteiger partial charge in [-0.3, -0.25) is 9.80 Å². The highest BCUT2D eigenvalue weighted by Crippen LogP contribution is 2.29. The zero-order valence-electron chi connectivity index (χ0n) is 33.9. The number of nitrogens with one attached hydrogen (secondary N) is 2. The molecule has 0 bridgehead atoms. The molecule has 0 amide bonds. The number of aliphatic hydroxyl groups excluding tert-OH is 2. The number of piperazine rings is 2. The molecule has 4 aliphatic heterocycles. The van der Waals surface area contributed by atoms with E-state index >= 15 is 0 Å². The van der Waals surface area contributed by atoms with E-state index in [1.54, 1.807) is 0 Å². The highest BCUT2D eigenvalue weighted by molar-refractivity contribution is 6.30. The smallest absolute Gasteiger partial charge is 0.0622 e. The van der Waals surface area contributed by atoms with Gasteiger partial charge in [0.25, 0.3) is 0 Å². The number of benzene rings is 4. The summed E-state index contributed by atoms with van der Waals surface area (Å²) in [5.74, 6) is 0. The quantitative estimate of drug-likeness (QED) is 0.127. The van der Waals surface area contributed by atoms with Crippen molar-refractivity contribution in [2.24, 2.45) is 0 Å². The maximum absolute atomic E-state index is 9.96. The fourth-order valence-corrected chi connectivity index (χ4v) is 8.37. The molecule has 0 radical (unpaired) electrons. The monoisotopic (exact) mass is 798 g/mol. The van der Waals surface area contributed by atoms with Crippen LogP contribution < -0.4 is 20.4 Å². The van der Waals surface area contributed by atoms with E-state index in [2.05, 4.69) is 147 Å². The van der Waals surface area contributed by atoms with Crippen LogP contribution in [0.25, 0.3) is 12.2 Å². The van der Waals surface area contributed by atoms with E-state index in [4.69, 9.17) is 11.6 Å². The highest BCUT2D eigenvalue weighted by Gasteiger charge is 2.24. The fraction of sp³-hybridized carbons (Fsp3) is 0.347. The van der Waals surface area contributed by atoms with Gasteiger partial charge in [-0.25, -0.2) is 0 Å². The largest absolute Gasteiger partial charge is 0.394 e. The Labute approximate surface area is 350 Å². The van der Waals surface area contributed by atoms with Crippen LogP contribution in [0.2, 0.25) is 5.02 Å². The van der Waals surface area contributed by atoms with Gasteiger partial charge in [-0.15, -0.1) is 0 Å². The third kappa shape index (κ3) is 10.8. The van der Waals surface area contributed by atoms with Crippen LogP contribution >= 0.6 is 11.6 Å². The zero-order valence-corrected chi connectivity index (χ0v) is 34.7. The summed E-state index contributed by atoms with van der Waals surface area (Å²) in [6.07, 6.45) is 12.6. The van der Waals surface area contributed by atoms with Gasteiger partial charge in [0.15, 0.2) is 0 Å². The molecule has 0 aromatic heterocycles. The Kier molecular flexibility index (Phi) is 14.1. The first-order chi connectivity index (χ1) is 28.2. The molecule has 4 aromatic rings. The van der Waals surface area contributed by atoms with Crippen LogP contribution in [0.3, 0.4) is 0 Å². The maximum Gasteiger partial charge on any atom is 0.0622 e. The van der Waals surface area contributed by atoms with Crippen molar-refractivity contribution in [2.75, 3.05) is 86.0 Å². The van der Waals surface area contributed by atoms with Gasteiger partial charge in [0, 0.05) is 91.5 Å². The van der Waals surface area contributed by atoms with Crippen LogP contribution in [0.1, 0.15) is 40.7 Å². The Bertz CT molecular complexity index is 1910. The lowest BCUT2D eigenvalue weighted by atomic mass is 9.99. The van der Waals surface area contributed by atoms with Crippen LogP contribution in [-0.2, 0) is 12.8 Å². The number of hydrogen-bond acceptors (Lipinski definition) is 8. The van der Waals surface area contributed by atoms with Crippen LogP contribution in [0.5, 0.6) is 0 Å². The Hall–Kier alpha value is -4.83. The fourth-order valence-electron chi connectivity index (χ4n) is 8.24. The molecule has 4 N–H and O–H groups in total. The Morgan fingerprint density at radius 2 is 1.00 bits per heavy atom. The molecule has 8 nitrogen and oxygen atoms in total. The van der Waals surface area contributed by atoms with Crippen LogP contribution in [0.4, 0.5) is 22.7 Å². The normalized spacial score (nSPS) is 18.6. The maximum atomic E-state index is 9.96. The van der Waals surface area contributed by atoms with E-state index in [9.17, 15) is 10.2 Å². The molecule has 1 unspecified atom stereocenters. The molecular weight excluding hydrogens is 740 g/mol. The molecule has 2 fully saturated rings. The predicted molar refractivity (Wildman–Crippen MR) is 245 cm³/mol. The molecule has 4 aliphatic rings. The molecular formula is C49H59ClN6O2. The van der Waals surface area contributed by atoms with Gasteiger partial charge in [0.05, 0.1) is 25.3 Å². The number of anilines is 4. The second-order valence-corrected chi connectivity index (χ2v) is 16.3. The second-order valence-electron chi connectivity index (χ2n) is 15.9. The number of nitrogens with zero attached hydrogens (tertiary/aromatic N) is 4. The summed E-state index contributed by atoms with van der Waals surface area (Å²) in [5, 5.41) is 27.4. The molecule has 0 saturated carbocycles. The van der Waals surface area contributed by atoms with Crippen molar-refractivity contribution in [3.05, 3.63) is 154 Å². The van der Waals surface area contributed by atoms with Crippen molar-refractivity contribution in [1.82, 2.24) is 9.80 Å². The van der Waals surface area contributed by atoms with E-state index in [1.165, 1.54) is 44.9 Å². The average Bonchev–Trinajstić information content (AvgIpc) is 3.25. The summed E-state index contributed by atoms with van der Waals surface area (Å²) in [6, 6.07) is 29.8. The Morgan fingerprint density at radius 1 is 0.586 bits per heavy atom. The number of allylic oxidation sites excluding steroid dienone is 2. The van der Waals surface area contributed by atoms with Crippen molar-refractivity contribution in [2.45, 2.75) is 44.7 Å².